The van der Waals surface area contributed by atoms with Crippen molar-refractivity contribution in [3.8, 4) is 33.4 Å². The van der Waals surface area contributed by atoms with Crippen molar-refractivity contribution < 1.29 is 0 Å². The highest BCUT2D eigenvalue weighted by Gasteiger charge is 2.22. The van der Waals surface area contributed by atoms with E-state index in [2.05, 4.69) is 84.9 Å². The number of hydrogen-bond donors (Lipinski definition) is 0. The van der Waals surface area contributed by atoms with E-state index in [1.54, 1.807) is 0 Å². The van der Waals surface area contributed by atoms with E-state index in [9.17, 15) is 0 Å². The highest BCUT2D eigenvalue weighted by atomic mass is 14.3. The highest BCUT2D eigenvalue weighted by molar-refractivity contribution is 5.92. The van der Waals surface area contributed by atoms with Crippen molar-refractivity contribution in [2.45, 2.75) is 6.42 Å². The topological polar surface area (TPSA) is 0 Å². The molecule has 0 saturated carbocycles. The van der Waals surface area contributed by atoms with Gasteiger partial charge in [0.25, 0.3) is 0 Å². The van der Waals surface area contributed by atoms with E-state index in [0.717, 1.165) is 6.42 Å². The Bertz CT molecular complexity index is 994. The lowest BCUT2D eigenvalue weighted by molar-refractivity contribution is 1.26. The van der Waals surface area contributed by atoms with Crippen LogP contribution < -0.4 is 0 Å². The Labute approximate surface area is 136 Å². The number of rotatable bonds is 1. The van der Waals surface area contributed by atoms with Crippen molar-refractivity contribution in [2.24, 2.45) is 0 Å². The van der Waals surface area contributed by atoms with Crippen LogP contribution in [0.5, 0.6) is 0 Å². The summed E-state index contributed by atoms with van der Waals surface area (Å²) in [5, 5.41) is 0. The zero-order valence-corrected chi connectivity index (χ0v) is 12.8. The Morgan fingerprint density at radius 2 is 1.13 bits per heavy atom. The van der Waals surface area contributed by atoms with Gasteiger partial charge in [-0.1, -0.05) is 84.9 Å². The molecule has 0 N–H and O–H groups in total. The van der Waals surface area contributed by atoms with Crippen LogP contribution in [0.4, 0.5) is 0 Å². The van der Waals surface area contributed by atoms with Crippen LogP contribution in [-0.4, -0.2) is 0 Å². The Balaban J connectivity index is 1.75. The number of hydrogen-bond acceptors (Lipinski definition) is 0. The first-order chi connectivity index (χ1) is 11.4. The molecule has 0 heterocycles. The molecular formula is C23H16. The SMILES string of the molecule is c1ccc2ccc(-c3cccc4c3Cc3ccccc3-4)c-2cc1. The van der Waals surface area contributed by atoms with Gasteiger partial charge in [0.2, 0.25) is 0 Å². The molecule has 0 heteroatoms. The van der Waals surface area contributed by atoms with E-state index in [1.165, 1.54) is 44.5 Å². The summed E-state index contributed by atoms with van der Waals surface area (Å²) in [6.45, 7) is 0. The fourth-order valence-electron chi connectivity index (χ4n) is 3.86. The molecule has 0 aromatic heterocycles. The zero-order chi connectivity index (χ0) is 15.2. The lowest BCUT2D eigenvalue weighted by atomic mass is 9.94. The van der Waals surface area contributed by atoms with Crippen molar-refractivity contribution in [1.29, 1.82) is 0 Å². The lowest BCUT2D eigenvalue weighted by Crippen LogP contribution is -1.87. The first-order valence-electron chi connectivity index (χ1n) is 8.10. The maximum absolute atomic E-state index is 2.27. The predicted molar refractivity (Wildman–Crippen MR) is 96.7 cm³/mol. The van der Waals surface area contributed by atoms with Crippen molar-refractivity contribution in [1.82, 2.24) is 0 Å². The van der Waals surface area contributed by atoms with E-state index in [-0.39, 0.29) is 0 Å². The molecule has 0 spiro atoms. The normalized spacial score (nSPS) is 12.2. The lowest BCUT2D eigenvalue weighted by Gasteiger charge is -2.09. The fraction of sp³-hybridized carbons (Fsp3) is 0.0435. The molecule has 2 aromatic rings. The molecule has 0 radical (unpaired) electrons. The molecule has 0 aliphatic heterocycles. The van der Waals surface area contributed by atoms with E-state index in [4.69, 9.17) is 0 Å². The standard InChI is InChI=1S/C23H16/c1-2-7-16-13-14-22(18(16)9-3-1)21-12-6-11-20-19-10-5-4-8-17(19)15-23(20)21/h1-14H,15H2. The van der Waals surface area contributed by atoms with Gasteiger partial charge in [0.1, 0.15) is 0 Å². The molecule has 2 aromatic carbocycles. The van der Waals surface area contributed by atoms with E-state index >= 15 is 0 Å². The van der Waals surface area contributed by atoms with Gasteiger partial charge in [0.15, 0.2) is 0 Å². The van der Waals surface area contributed by atoms with Gasteiger partial charge in [0, 0.05) is 0 Å². The van der Waals surface area contributed by atoms with E-state index < -0.39 is 0 Å². The second-order valence-electron chi connectivity index (χ2n) is 6.19. The first-order valence-corrected chi connectivity index (χ1v) is 8.10. The summed E-state index contributed by atoms with van der Waals surface area (Å²) in [6.07, 6.45) is 1.04. The quantitative estimate of drug-likeness (QED) is 0.354. The molecule has 0 amide bonds. The predicted octanol–water partition coefficient (Wildman–Crippen LogP) is 6.03. The summed E-state index contributed by atoms with van der Waals surface area (Å²) in [5.41, 5.74) is 11.1. The molecule has 0 unspecified atom stereocenters. The third-order valence-corrected chi connectivity index (χ3v) is 4.93. The molecule has 3 aliphatic carbocycles. The Morgan fingerprint density at radius 3 is 2.09 bits per heavy atom. The minimum Gasteiger partial charge on any atom is -0.0622 e. The average molecular weight is 292 g/mol. The molecule has 108 valence electrons. The molecule has 0 bridgehead atoms. The monoisotopic (exact) mass is 292 g/mol. The Morgan fingerprint density at radius 1 is 0.435 bits per heavy atom. The van der Waals surface area contributed by atoms with Crippen molar-refractivity contribution >= 4 is 0 Å². The molecule has 0 saturated heterocycles. The van der Waals surface area contributed by atoms with Crippen molar-refractivity contribution in [2.75, 3.05) is 0 Å². The summed E-state index contributed by atoms with van der Waals surface area (Å²) in [7, 11) is 0. The Kier molecular flexibility index (Phi) is 2.65. The average Bonchev–Trinajstić information content (AvgIpc) is 3.08. The second kappa shape index (κ2) is 4.82. The molecule has 0 nitrogen and oxygen atoms in total. The molecule has 5 rings (SSSR count). The smallest absolute Gasteiger partial charge is 0.000728 e. The van der Waals surface area contributed by atoms with Crippen molar-refractivity contribution in [3.05, 3.63) is 96.1 Å². The minimum atomic E-state index is 1.04. The fourth-order valence-corrected chi connectivity index (χ4v) is 3.86. The van der Waals surface area contributed by atoms with Gasteiger partial charge in [-0.25, -0.2) is 0 Å². The summed E-state index contributed by atoms with van der Waals surface area (Å²) in [6, 6.07) is 30.7. The maximum Gasteiger partial charge on any atom is -0.000728 e. The summed E-state index contributed by atoms with van der Waals surface area (Å²) in [4.78, 5) is 0. The van der Waals surface area contributed by atoms with Crippen LogP contribution in [-0.2, 0) is 6.42 Å². The molecule has 0 atom stereocenters. The van der Waals surface area contributed by atoms with Gasteiger partial charge in [0.05, 0.1) is 0 Å². The van der Waals surface area contributed by atoms with Gasteiger partial charge in [-0.3, -0.25) is 0 Å². The molecule has 0 fully saturated rings. The third-order valence-electron chi connectivity index (χ3n) is 4.93. The molecular weight excluding hydrogens is 276 g/mol. The van der Waals surface area contributed by atoms with Gasteiger partial charge in [-0.2, -0.15) is 0 Å². The summed E-state index contributed by atoms with van der Waals surface area (Å²) < 4.78 is 0. The van der Waals surface area contributed by atoms with Crippen LogP contribution >= 0.6 is 0 Å². The largest absolute Gasteiger partial charge is 0.0622 e. The maximum atomic E-state index is 2.27. The third kappa shape index (κ3) is 1.85. The van der Waals surface area contributed by atoms with Crippen molar-refractivity contribution in [3.63, 3.8) is 0 Å². The number of fused-ring (bicyclic) bond motifs is 4. The van der Waals surface area contributed by atoms with Crippen LogP contribution in [0, 0.1) is 0 Å². The molecule has 3 aliphatic rings. The van der Waals surface area contributed by atoms with Gasteiger partial charge in [-0.15, -0.1) is 0 Å². The second-order valence-corrected chi connectivity index (χ2v) is 6.19. The van der Waals surface area contributed by atoms with Gasteiger partial charge >= 0.3 is 0 Å². The zero-order valence-electron chi connectivity index (χ0n) is 12.8. The van der Waals surface area contributed by atoms with E-state index in [1.807, 2.05) is 0 Å². The van der Waals surface area contributed by atoms with Gasteiger partial charge in [-0.05, 0) is 50.9 Å². The summed E-state index contributed by atoms with van der Waals surface area (Å²) in [5.74, 6) is 0. The van der Waals surface area contributed by atoms with Crippen LogP contribution in [0.15, 0.2) is 84.9 Å². The highest BCUT2D eigenvalue weighted by Crippen LogP contribution is 2.44. The molecule has 23 heavy (non-hydrogen) atoms. The summed E-state index contributed by atoms with van der Waals surface area (Å²) >= 11 is 0. The van der Waals surface area contributed by atoms with Gasteiger partial charge < -0.3 is 0 Å². The Hall–Kier alpha value is -2.86. The first kappa shape index (κ1) is 12.7. The van der Waals surface area contributed by atoms with Crippen LogP contribution in [0.3, 0.4) is 0 Å². The van der Waals surface area contributed by atoms with Crippen LogP contribution in [0.2, 0.25) is 0 Å². The minimum absolute atomic E-state index is 1.04. The van der Waals surface area contributed by atoms with E-state index in [0.29, 0.717) is 0 Å². The van der Waals surface area contributed by atoms with Crippen LogP contribution in [0.1, 0.15) is 11.1 Å². The number of benzene rings is 2. The van der Waals surface area contributed by atoms with Crippen LogP contribution in [0.25, 0.3) is 33.4 Å².